The van der Waals surface area contributed by atoms with Gasteiger partial charge in [0.15, 0.2) is 5.11 Å². The Morgan fingerprint density at radius 3 is 2.81 bits per heavy atom. The lowest BCUT2D eigenvalue weighted by Gasteiger charge is -2.15. The van der Waals surface area contributed by atoms with E-state index in [1.807, 2.05) is 13.8 Å². The van der Waals surface area contributed by atoms with Crippen molar-refractivity contribution in [3.05, 3.63) is 0 Å². The van der Waals surface area contributed by atoms with Crippen LogP contribution < -0.4 is 10.6 Å². The van der Waals surface area contributed by atoms with Crippen LogP contribution >= 0.6 is 12.2 Å². The van der Waals surface area contributed by atoms with Crippen LogP contribution in [-0.4, -0.2) is 47.1 Å². The number of nitrogens with one attached hydrogen (secondary N) is 2. The van der Waals surface area contributed by atoms with E-state index in [0.717, 1.165) is 26.2 Å². The van der Waals surface area contributed by atoms with Crippen molar-refractivity contribution in [2.24, 2.45) is 0 Å². The van der Waals surface area contributed by atoms with E-state index >= 15 is 0 Å². The highest BCUT2D eigenvalue weighted by Gasteiger charge is 2.05. The van der Waals surface area contributed by atoms with Gasteiger partial charge in [0.25, 0.3) is 0 Å². The van der Waals surface area contributed by atoms with Gasteiger partial charge in [0.05, 0.1) is 0 Å². The van der Waals surface area contributed by atoms with Crippen LogP contribution in [0, 0.1) is 0 Å². The van der Waals surface area contributed by atoms with Gasteiger partial charge in [-0.1, -0.05) is 0 Å². The van der Waals surface area contributed by atoms with Gasteiger partial charge in [-0.2, -0.15) is 0 Å². The third-order valence-corrected chi connectivity index (χ3v) is 3.05. The molecule has 0 aliphatic rings. The first-order valence-electron chi connectivity index (χ1n) is 5.48. The first kappa shape index (κ1) is 15.8. The molecule has 0 saturated carbocycles. The van der Waals surface area contributed by atoms with E-state index in [4.69, 9.17) is 17.0 Å². The molecule has 4 nitrogen and oxygen atoms in total. The fourth-order valence-electron chi connectivity index (χ4n) is 1.19. The molecule has 0 amide bonds. The number of thiocarbonyl (C=S) groups is 1. The van der Waals surface area contributed by atoms with E-state index in [9.17, 15) is 4.21 Å². The predicted octanol–water partition coefficient (Wildman–Crippen LogP) is 0.644. The minimum atomic E-state index is -0.792. The molecule has 2 atom stereocenters. The van der Waals surface area contributed by atoms with E-state index in [-0.39, 0.29) is 6.04 Å². The lowest BCUT2D eigenvalue weighted by atomic mass is 10.4. The van der Waals surface area contributed by atoms with E-state index < -0.39 is 10.8 Å². The van der Waals surface area contributed by atoms with Gasteiger partial charge >= 0.3 is 0 Å². The van der Waals surface area contributed by atoms with Crippen molar-refractivity contribution in [1.82, 2.24) is 10.6 Å². The van der Waals surface area contributed by atoms with Gasteiger partial charge in [0, 0.05) is 48.6 Å². The van der Waals surface area contributed by atoms with Crippen molar-refractivity contribution < 1.29 is 8.95 Å². The summed E-state index contributed by atoms with van der Waals surface area (Å²) in [6, 6.07) is 0.137. The first-order valence-corrected chi connectivity index (χ1v) is 7.62. The molecule has 0 heterocycles. The smallest absolute Gasteiger partial charge is 0.166 e. The Morgan fingerprint density at radius 1 is 1.56 bits per heavy atom. The van der Waals surface area contributed by atoms with Crippen LogP contribution in [0.4, 0.5) is 0 Å². The van der Waals surface area contributed by atoms with Crippen molar-refractivity contribution in [1.29, 1.82) is 0 Å². The summed E-state index contributed by atoms with van der Waals surface area (Å²) >= 11 is 5.10. The van der Waals surface area contributed by atoms with Crippen LogP contribution in [0.15, 0.2) is 0 Å². The predicted molar refractivity (Wildman–Crippen MR) is 73.2 cm³/mol. The second-order valence-electron chi connectivity index (χ2n) is 3.59. The summed E-state index contributed by atoms with van der Waals surface area (Å²) in [5, 5.41) is 6.80. The van der Waals surface area contributed by atoms with Gasteiger partial charge in [-0.15, -0.1) is 0 Å². The Hall–Kier alpha value is -0.200. The standard InChI is InChI=1S/C10H22N2O2S2/c1-4-14-7-5-6-11-10(15)12-9(2)8-16(3)13/h9H,4-8H2,1-3H3,(H2,11,12,15). The fraction of sp³-hybridized carbons (Fsp3) is 0.900. The van der Waals surface area contributed by atoms with Gasteiger partial charge in [0.2, 0.25) is 0 Å². The van der Waals surface area contributed by atoms with Crippen molar-refractivity contribution in [2.45, 2.75) is 26.3 Å². The summed E-state index contributed by atoms with van der Waals surface area (Å²) in [5.74, 6) is 0.612. The third-order valence-electron chi connectivity index (χ3n) is 1.82. The van der Waals surface area contributed by atoms with Gasteiger partial charge in [-0.3, -0.25) is 4.21 Å². The summed E-state index contributed by atoms with van der Waals surface area (Å²) in [6.07, 6.45) is 2.63. The highest BCUT2D eigenvalue weighted by atomic mass is 32.2. The van der Waals surface area contributed by atoms with Crippen molar-refractivity contribution >= 4 is 28.1 Å². The zero-order valence-corrected chi connectivity index (χ0v) is 11.9. The summed E-state index contributed by atoms with van der Waals surface area (Å²) in [5.41, 5.74) is 0. The second-order valence-corrected chi connectivity index (χ2v) is 5.48. The number of hydrogen-bond donors (Lipinski definition) is 2. The van der Waals surface area contributed by atoms with Crippen molar-refractivity contribution in [3.63, 3.8) is 0 Å². The molecule has 0 spiro atoms. The molecular formula is C10H22N2O2S2. The molecule has 2 unspecified atom stereocenters. The minimum Gasteiger partial charge on any atom is -0.382 e. The number of ether oxygens (including phenoxy) is 1. The molecule has 0 rings (SSSR count). The molecule has 16 heavy (non-hydrogen) atoms. The molecule has 0 fully saturated rings. The Bertz CT molecular complexity index is 225. The minimum absolute atomic E-state index is 0.137. The van der Waals surface area contributed by atoms with Crippen LogP contribution in [0.1, 0.15) is 20.3 Å². The maximum Gasteiger partial charge on any atom is 0.166 e. The van der Waals surface area contributed by atoms with Crippen molar-refractivity contribution in [3.8, 4) is 0 Å². The van der Waals surface area contributed by atoms with E-state index in [2.05, 4.69) is 10.6 Å². The Kier molecular flexibility index (Phi) is 9.86. The van der Waals surface area contributed by atoms with Gasteiger partial charge in [-0.25, -0.2) is 0 Å². The average molecular weight is 266 g/mol. The maximum absolute atomic E-state index is 11.0. The second kappa shape index (κ2) is 9.99. The fourth-order valence-corrected chi connectivity index (χ4v) is 2.28. The molecule has 6 heteroatoms. The van der Waals surface area contributed by atoms with E-state index in [0.29, 0.717) is 10.9 Å². The maximum atomic E-state index is 11.0. The highest BCUT2D eigenvalue weighted by Crippen LogP contribution is 1.86. The first-order chi connectivity index (χ1) is 7.56. The molecule has 0 saturated heterocycles. The molecule has 2 N–H and O–H groups in total. The zero-order chi connectivity index (χ0) is 12.4. The molecule has 0 aromatic heterocycles. The third kappa shape index (κ3) is 10.3. The largest absolute Gasteiger partial charge is 0.382 e. The molecular weight excluding hydrogens is 244 g/mol. The van der Waals surface area contributed by atoms with Crippen LogP contribution in [0.3, 0.4) is 0 Å². The summed E-state index contributed by atoms with van der Waals surface area (Å²) in [4.78, 5) is 0. The highest BCUT2D eigenvalue weighted by molar-refractivity contribution is 7.84. The molecule has 0 radical (unpaired) electrons. The molecule has 0 aromatic rings. The molecule has 0 aromatic carbocycles. The Labute approximate surface area is 106 Å². The van der Waals surface area contributed by atoms with Crippen LogP contribution in [0.25, 0.3) is 0 Å². The topological polar surface area (TPSA) is 50.4 Å². The van der Waals surface area contributed by atoms with E-state index in [1.54, 1.807) is 6.26 Å². The van der Waals surface area contributed by atoms with Gasteiger partial charge < -0.3 is 15.4 Å². The quantitative estimate of drug-likeness (QED) is 0.499. The number of hydrogen-bond acceptors (Lipinski definition) is 3. The summed E-state index contributed by atoms with van der Waals surface area (Å²) in [7, 11) is -0.792. The SMILES string of the molecule is CCOCCCNC(=S)NC(C)CS(C)=O. The lowest BCUT2D eigenvalue weighted by Crippen LogP contribution is -2.43. The lowest BCUT2D eigenvalue weighted by molar-refractivity contribution is 0.145. The van der Waals surface area contributed by atoms with Gasteiger partial charge in [0.1, 0.15) is 0 Å². The normalized spacial score (nSPS) is 14.2. The zero-order valence-electron chi connectivity index (χ0n) is 10.2. The molecule has 0 aliphatic heterocycles. The van der Waals surface area contributed by atoms with Crippen LogP contribution in [-0.2, 0) is 15.5 Å². The monoisotopic (exact) mass is 266 g/mol. The summed E-state index contributed by atoms with van der Waals surface area (Å²) in [6.45, 7) is 6.25. The van der Waals surface area contributed by atoms with Crippen molar-refractivity contribution in [2.75, 3.05) is 31.8 Å². The van der Waals surface area contributed by atoms with Crippen LogP contribution in [0.5, 0.6) is 0 Å². The van der Waals surface area contributed by atoms with Crippen LogP contribution in [0.2, 0.25) is 0 Å². The average Bonchev–Trinajstić information content (AvgIpc) is 2.15. The molecule has 0 bridgehead atoms. The molecule has 96 valence electrons. The van der Waals surface area contributed by atoms with E-state index in [1.165, 1.54) is 0 Å². The summed E-state index contributed by atoms with van der Waals surface area (Å²) < 4.78 is 16.2. The molecule has 0 aliphatic carbocycles. The Morgan fingerprint density at radius 2 is 2.25 bits per heavy atom. The Balaban J connectivity index is 3.47. The van der Waals surface area contributed by atoms with Gasteiger partial charge in [-0.05, 0) is 32.5 Å². The number of rotatable bonds is 8.